The van der Waals surface area contributed by atoms with Crippen LogP contribution >= 0.6 is 0 Å². The fourth-order valence-corrected chi connectivity index (χ4v) is 0. The van der Waals surface area contributed by atoms with E-state index >= 15 is 0 Å². The minimum atomic E-state index is 0.639. The largest absolute Gasteiger partial charge is 0.304 e. The van der Waals surface area contributed by atoms with Crippen LogP contribution in [0.25, 0.3) is 0 Å². The zero-order valence-electron chi connectivity index (χ0n) is 9.36. The summed E-state index contributed by atoms with van der Waals surface area (Å²) < 4.78 is 0. The van der Waals surface area contributed by atoms with E-state index in [4.69, 9.17) is 9.59 Å². The van der Waals surface area contributed by atoms with Crippen LogP contribution in [0.15, 0.2) is 0 Å². The van der Waals surface area contributed by atoms with Crippen molar-refractivity contribution >= 4 is 25.1 Å². The van der Waals surface area contributed by atoms with Crippen molar-refractivity contribution in [1.82, 2.24) is 0 Å². The highest BCUT2D eigenvalue weighted by Gasteiger charge is 1.53. The summed E-state index contributed by atoms with van der Waals surface area (Å²) in [5.74, 6) is 0. The first-order valence-corrected chi connectivity index (χ1v) is 4.33. The molecular formula is C10H20O4. The van der Waals surface area contributed by atoms with E-state index < -0.39 is 0 Å². The maximum Gasteiger partial charge on any atom is 0.119 e. The Balaban J connectivity index is -0.0000000482. The number of carbonyl (C=O) groups is 4. The second-order valence-corrected chi connectivity index (χ2v) is 1.62. The van der Waals surface area contributed by atoms with Gasteiger partial charge < -0.3 is 19.2 Å². The van der Waals surface area contributed by atoms with E-state index in [1.165, 1.54) is 13.8 Å². The normalized spacial score (nSPS) is 5.43. The lowest BCUT2D eigenvalue weighted by Crippen LogP contribution is -1.55. The lowest BCUT2D eigenvalue weighted by atomic mass is 10.6. The smallest absolute Gasteiger partial charge is 0.119 e. The van der Waals surface area contributed by atoms with Gasteiger partial charge in [-0.2, -0.15) is 0 Å². The molecule has 0 rings (SSSR count). The molecule has 0 N–H and O–H groups in total. The van der Waals surface area contributed by atoms with E-state index in [-0.39, 0.29) is 0 Å². The van der Waals surface area contributed by atoms with E-state index in [1.807, 2.05) is 13.8 Å². The zero-order valence-corrected chi connectivity index (χ0v) is 9.36. The van der Waals surface area contributed by atoms with Crippen molar-refractivity contribution < 1.29 is 19.2 Å². The molecule has 0 bridgehead atoms. The first-order chi connectivity index (χ1) is 6.66. The molecule has 4 heteroatoms. The van der Waals surface area contributed by atoms with Gasteiger partial charge in [0.15, 0.2) is 0 Å². The Hall–Kier alpha value is -1.32. The van der Waals surface area contributed by atoms with Gasteiger partial charge in [-0.25, -0.2) is 0 Å². The molecule has 0 spiro atoms. The number of rotatable bonds is 2. The van der Waals surface area contributed by atoms with Crippen LogP contribution in [0.3, 0.4) is 0 Å². The van der Waals surface area contributed by atoms with Crippen LogP contribution in [-0.4, -0.2) is 25.1 Å². The van der Waals surface area contributed by atoms with E-state index in [2.05, 4.69) is 0 Å². The lowest BCUT2D eigenvalue weighted by molar-refractivity contribution is -0.108. The third kappa shape index (κ3) is 2160. The van der Waals surface area contributed by atoms with E-state index in [0.29, 0.717) is 12.8 Å². The fourth-order valence-electron chi connectivity index (χ4n) is 0. The van der Waals surface area contributed by atoms with Crippen LogP contribution in [-0.2, 0) is 19.2 Å². The predicted molar refractivity (Wildman–Crippen MR) is 56.2 cm³/mol. The van der Waals surface area contributed by atoms with Gasteiger partial charge >= 0.3 is 0 Å². The predicted octanol–water partition coefficient (Wildman–Crippen LogP) is 1.60. The zero-order chi connectivity index (χ0) is 12.2. The van der Waals surface area contributed by atoms with Crippen LogP contribution in [0.1, 0.15) is 40.5 Å². The maximum absolute atomic E-state index is 9.17. The molecule has 0 aliphatic carbocycles. The summed E-state index contributed by atoms with van der Waals surface area (Å²) in [5, 5.41) is 0. The Labute approximate surface area is 85.7 Å². The molecule has 4 nitrogen and oxygen atoms in total. The Morgan fingerprint density at radius 1 is 0.714 bits per heavy atom. The molecule has 0 fully saturated rings. The molecule has 14 heavy (non-hydrogen) atoms. The van der Waals surface area contributed by atoms with Gasteiger partial charge in [0.1, 0.15) is 25.1 Å². The van der Waals surface area contributed by atoms with Crippen LogP contribution in [0.5, 0.6) is 0 Å². The standard InChI is InChI=1S/2C3H6O.2C2H4O/c2*1-2-3-4;2*1-2-3/h2*3H,2H2,1H3;2*2H,1H3. The molecule has 0 aliphatic heterocycles. The van der Waals surface area contributed by atoms with Gasteiger partial charge in [0, 0.05) is 12.8 Å². The van der Waals surface area contributed by atoms with Crippen LogP contribution in [0, 0.1) is 0 Å². The molecule has 0 unspecified atom stereocenters. The van der Waals surface area contributed by atoms with Crippen molar-refractivity contribution in [2.75, 3.05) is 0 Å². The average Bonchev–Trinajstić information content (AvgIpc) is 2.20. The second-order valence-electron chi connectivity index (χ2n) is 1.62. The molecule has 0 saturated heterocycles. The Morgan fingerprint density at radius 2 is 0.786 bits per heavy atom. The fraction of sp³-hybridized carbons (Fsp3) is 0.600. The van der Waals surface area contributed by atoms with Gasteiger partial charge in [-0.1, -0.05) is 13.8 Å². The highest BCUT2D eigenvalue weighted by atomic mass is 16.1. The SMILES string of the molecule is CC=O.CC=O.CCC=O.CCC=O. The molecular weight excluding hydrogens is 184 g/mol. The van der Waals surface area contributed by atoms with E-state index in [9.17, 15) is 9.59 Å². The number of aldehydes is 4. The van der Waals surface area contributed by atoms with Crippen molar-refractivity contribution in [3.63, 3.8) is 0 Å². The van der Waals surface area contributed by atoms with Crippen LogP contribution in [0.4, 0.5) is 0 Å². The summed E-state index contributed by atoms with van der Waals surface area (Å²) in [7, 11) is 0. The molecule has 0 aromatic heterocycles. The first-order valence-electron chi connectivity index (χ1n) is 4.33. The van der Waals surface area contributed by atoms with Gasteiger partial charge in [0.2, 0.25) is 0 Å². The van der Waals surface area contributed by atoms with Crippen molar-refractivity contribution in [2.24, 2.45) is 0 Å². The number of hydrogen-bond donors (Lipinski definition) is 0. The molecule has 0 aromatic carbocycles. The molecule has 84 valence electrons. The summed E-state index contributed by atoms with van der Waals surface area (Å²) >= 11 is 0. The van der Waals surface area contributed by atoms with Gasteiger partial charge in [-0.05, 0) is 13.8 Å². The third-order valence-corrected chi connectivity index (χ3v) is 0.333. The third-order valence-electron chi connectivity index (χ3n) is 0.333. The summed E-state index contributed by atoms with van der Waals surface area (Å²) in [5.41, 5.74) is 0. The molecule has 0 amide bonds. The van der Waals surface area contributed by atoms with Gasteiger partial charge in [-0.15, -0.1) is 0 Å². The summed E-state index contributed by atoms with van der Waals surface area (Å²) in [6.45, 7) is 6.51. The lowest BCUT2D eigenvalue weighted by Gasteiger charge is -1.51. The van der Waals surface area contributed by atoms with Crippen molar-refractivity contribution in [3.8, 4) is 0 Å². The monoisotopic (exact) mass is 204 g/mol. The quantitative estimate of drug-likeness (QED) is 0.641. The Kier molecular flexibility index (Phi) is 99.8. The van der Waals surface area contributed by atoms with Crippen molar-refractivity contribution in [1.29, 1.82) is 0 Å². The molecule has 0 saturated carbocycles. The van der Waals surface area contributed by atoms with Gasteiger partial charge in [-0.3, -0.25) is 0 Å². The maximum atomic E-state index is 9.17. The van der Waals surface area contributed by atoms with Gasteiger partial charge in [0.05, 0.1) is 0 Å². The van der Waals surface area contributed by atoms with Crippen molar-refractivity contribution in [3.05, 3.63) is 0 Å². The topological polar surface area (TPSA) is 68.3 Å². The molecule has 0 heterocycles. The van der Waals surface area contributed by atoms with Crippen molar-refractivity contribution in [2.45, 2.75) is 40.5 Å². The second kappa shape index (κ2) is 60.8. The highest BCUT2D eigenvalue weighted by Crippen LogP contribution is 1.53. The Morgan fingerprint density at radius 3 is 0.786 bits per heavy atom. The molecule has 0 radical (unpaired) electrons. The van der Waals surface area contributed by atoms with Crippen LogP contribution in [0.2, 0.25) is 0 Å². The van der Waals surface area contributed by atoms with E-state index in [0.717, 1.165) is 25.1 Å². The summed E-state index contributed by atoms with van der Waals surface area (Å²) in [6.07, 6.45) is 4.53. The average molecular weight is 204 g/mol. The minimum absolute atomic E-state index is 0.639. The van der Waals surface area contributed by atoms with Crippen LogP contribution < -0.4 is 0 Å². The highest BCUT2D eigenvalue weighted by molar-refractivity contribution is 5.48. The van der Waals surface area contributed by atoms with Gasteiger partial charge in [0.25, 0.3) is 0 Å². The Bertz CT molecular complexity index is 96.7. The summed E-state index contributed by atoms with van der Waals surface area (Å²) in [6, 6.07) is 0. The molecule has 0 aromatic rings. The summed E-state index contributed by atoms with van der Waals surface area (Å²) in [4.78, 5) is 36.0. The number of hydrogen-bond acceptors (Lipinski definition) is 4. The first kappa shape index (κ1) is 23.0. The molecule has 0 aliphatic rings. The van der Waals surface area contributed by atoms with E-state index in [1.54, 1.807) is 0 Å². The molecule has 0 atom stereocenters. The number of carbonyl (C=O) groups excluding carboxylic acids is 4. The minimum Gasteiger partial charge on any atom is -0.304 e.